The van der Waals surface area contributed by atoms with Gasteiger partial charge in [-0.15, -0.1) is 0 Å². The Bertz CT molecular complexity index is 671. The summed E-state index contributed by atoms with van der Waals surface area (Å²) in [5.74, 6) is 0.0744. The van der Waals surface area contributed by atoms with E-state index in [4.69, 9.17) is 10.5 Å². The maximum atomic E-state index is 11.7. The van der Waals surface area contributed by atoms with Gasteiger partial charge in [0.05, 0.1) is 19.5 Å². The van der Waals surface area contributed by atoms with Crippen LogP contribution in [0.15, 0.2) is 11.1 Å². The number of nitrogen functional groups attached to an aromatic ring is 1. The smallest absolute Gasteiger partial charge is 0.280 e. The molecule has 3 rings (SSSR count). The van der Waals surface area contributed by atoms with E-state index in [1.54, 1.807) is 10.9 Å². The van der Waals surface area contributed by atoms with Crippen LogP contribution in [0.2, 0.25) is 0 Å². The zero-order valence-corrected chi connectivity index (χ0v) is 11.0. The minimum Gasteiger partial charge on any atom is -0.396 e. The largest absolute Gasteiger partial charge is 0.396 e. The average Bonchev–Trinajstić information content (AvgIpc) is 3.04. The van der Waals surface area contributed by atoms with Crippen LogP contribution in [0.1, 0.15) is 12.8 Å². The number of aliphatic hydroxyl groups is 1. The van der Waals surface area contributed by atoms with Crippen molar-refractivity contribution in [1.29, 1.82) is 0 Å². The lowest BCUT2D eigenvalue weighted by Crippen LogP contribution is -2.27. The second kappa shape index (κ2) is 4.88. The molecular formula is C12H17N5O3. The summed E-state index contributed by atoms with van der Waals surface area (Å²) in [6.07, 6.45) is 3.16. The number of hydrogen-bond acceptors (Lipinski definition) is 6. The molecule has 108 valence electrons. The van der Waals surface area contributed by atoms with Crippen molar-refractivity contribution < 1.29 is 9.84 Å². The SMILES string of the molecule is Nc1nc2c(ncn2CCC2(CO)CCOC2)c(=O)[nH]1. The van der Waals surface area contributed by atoms with Gasteiger partial charge in [-0.05, 0) is 12.8 Å². The van der Waals surface area contributed by atoms with Crippen LogP contribution in [0.25, 0.3) is 11.2 Å². The third-order valence-corrected chi connectivity index (χ3v) is 3.90. The third kappa shape index (κ3) is 2.16. The molecule has 0 aromatic carbocycles. The summed E-state index contributed by atoms with van der Waals surface area (Å²) in [4.78, 5) is 22.3. The van der Waals surface area contributed by atoms with Crippen LogP contribution in [0.4, 0.5) is 5.95 Å². The highest BCUT2D eigenvalue weighted by atomic mass is 16.5. The molecular weight excluding hydrogens is 262 g/mol. The van der Waals surface area contributed by atoms with Crippen molar-refractivity contribution >= 4 is 17.1 Å². The Morgan fingerprint density at radius 2 is 2.45 bits per heavy atom. The number of rotatable bonds is 4. The Kier molecular flexibility index (Phi) is 3.19. The molecule has 0 bridgehead atoms. The molecule has 8 nitrogen and oxygen atoms in total. The van der Waals surface area contributed by atoms with E-state index >= 15 is 0 Å². The summed E-state index contributed by atoms with van der Waals surface area (Å²) in [7, 11) is 0. The van der Waals surface area contributed by atoms with Crippen LogP contribution in [-0.4, -0.2) is 44.4 Å². The fourth-order valence-corrected chi connectivity index (χ4v) is 2.54. The van der Waals surface area contributed by atoms with E-state index < -0.39 is 0 Å². The number of ether oxygens (including phenoxy) is 1. The molecule has 8 heteroatoms. The van der Waals surface area contributed by atoms with Crippen LogP contribution < -0.4 is 11.3 Å². The van der Waals surface area contributed by atoms with Gasteiger partial charge in [0.25, 0.3) is 5.56 Å². The van der Waals surface area contributed by atoms with Gasteiger partial charge in [-0.2, -0.15) is 4.98 Å². The van der Waals surface area contributed by atoms with Crippen molar-refractivity contribution in [3.8, 4) is 0 Å². The van der Waals surface area contributed by atoms with Gasteiger partial charge in [0, 0.05) is 18.6 Å². The van der Waals surface area contributed by atoms with Crippen molar-refractivity contribution in [1.82, 2.24) is 19.5 Å². The number of H-pyrrole nitrogens is 1. The van der Waals surface area contributed by atoms with Crippen molar-refractivity contribution in [2.75, 3.05) is 25.6 Å². The van der Waals surface area contributed by atoms with Crippen molar-refractivity contribution in [2.24, 2.45) is 5.41 Å². The van der Waals surface area contributed by atoms with Crippen LogP contribution in [-0.2, 0) is 11.3 Å². The predicted octanol–water partition coefficient (Wildman–Crippen LogP) is -0.509. The minimum atomic E-state index is -0.340. The lowest BCUT2D eigenvalue weighted by atomic mass is 9.85. The molecule has 0 spiro atoms. The van der Waals surface area contributed by atoms with E-state index in [1.807, 2.05) is 0 Å². The lowest BCUT2D eigenvalue weighted by molar-refractivity contribution is 0.0830. The topological polar surface area (TPSA) is 119 Å². The summed E-state index contributed by atoms with van der Waals surface area (Å²) in [6, 6.07) is 0. The van der Waals surface area contributed by atoms with Crippen molar-refractivity contribution in [3.05, 3.63) is 16.7 Å². The summed E-state index contributed by atoms with van der Waals surface area (Å²) < 4.78 is 7.16. The predicted molar refractivity (Wildman–Crippen MR) is 72.1 cm³/mol. The first-order valence-electron chi connectivity index (χ1n) is 6.53. The molecule has 1 unspecified atom stereocenters. The zero-order chi connectivity index (χ0) is 14.2. The van der Waals surface area contributed by atoms with E-state index in [9.17, 15) is 9.90 Å². The fraction of sp³-hybridized carbons (Fsp3) is 0.583. The number of nitrogens with zero attached hydrogens (tertiary/aromatic N) is 3. The van der Waals surface area contributed by atoms with Gasteiger partial charge in [-0.25, -0.2) is 4.98 Å². The summed E-state index contributed by atoms with van der Waals surface area (Å²) in [6.45, 7) is 1.94. The van der Waals surface area contributed by atoms with E-state index in [0.29, 0.717) is 25.4 Å². The molecule has 1 fully saturated rings. The Labute approximate surface area is 114 Å². The lowest BCUT2D eigenvalue weighted by Gasteiger charge is -2.24. The number of aryl methyl sites for hydroxylation is 1. The molecule has 1 aliphatic heterocycles. The van der Waals surface area contributed by atoms with Gasteiger partial charge in [-0.1, -0.05) is 0 Å². The van der Waals surface area contributed by atoms with Gasteiger partial charge >= 0.3 is 0 Å². The number of aromatic amines is 1. The van der Waals surface area contributed by atoms with Gasteiger partial charge in [-0.3, -0.25) is 9.78 Å². The Hall–Kier alpha value is -1.93. The number of anilines is 1. The van der Waals surface area contributed by atoms with Gasteiger partial charge in [0.15, 0.2) is 11.2 Å². The number of nitrogens with one attached hydrogen (secondary N) is 1. The molecule has 3 heterocycles. The monoisotopic (exact) mass is 279 g/mol. The first-order chi connectivity index (χ1) is 9.63. The van der Waals surface area contributed by atoms with Crippen LogP contribution in [0, 0.1) is 5.41 Å². The highest BCUT2D eigenvalue weighted by Gasteiger charge is 2.34. The summed E-state index contributed by atoms with van der Waals surface area (Å²) >= 11 is 0. The number of nitrogens with two attached hydrogens (primary N) is 1. The second-order valence-electron chi connectivity index (χ2n) is 5.27. The Morgan fingerprint density at radius 1 is 1.60 bits per heavy atom. The van der Waals surface area contributed by atoms with E-state index in [1.165, 1.54) is 0 Å². The first-order valence-corrected chi connectivity index (χ1v) is 6.53. The molecule has 2 aromatic heterocycles. The standard InChI is InChI=1S/C12H17N5O3/c13-11-15-9-8(10(19)16-11)14-7-17(9)3-1-12(5-18)2-4-20-6-12/h7,18H,1-6H2,(H3,13,15,16,19). The number of imidazole rings is 1. The first kappa shape index (κ1) is 13.1. The zero-order valence-electron chi connectivity index (χ0n) is 11.0. The summed E-state index contributed by atoms with van der Waals surface area (Å²) in [5.41, 5.74) is 5.76. The van der Waals surface area contributed by atoms with Gasteiger partial charge in [0.1, 0.15) is 0 Å². The van der Waals surface area contributed by atoms with E-state index in [0.717, 1.165) is 12.8 Å². The van der Waals surface area contributed by atoms with E-state index in [-0.39, 0.29) is 29.0 Å². The van der Waals surface area contributed by atoms with Crippen LogP contribution in [0.3, 0.4) is 0 Å². The molecule has 1 atom stereocenters. The van der Waals surface area contributed by atoms with Crippen LogP contribution >= 0.6 is 0 Å². The van der Waals surface area contributed by atoms with Crippen molar-refractivity contribution in [2.45, 2.75) is 19.4 Å². The number of hydrogen-bond donors (Lipinski definition) is 3. The molecule has 20 heavy (non-hydrogen) atoms. The third-order valence-electron chi connectivity index (χ3n) is 3.90. The Balaban J connectivity index is 1.86. The van der Waals surface area contributed by atoms with Crippen molar-refractivity contribution in [3.63, 3.8) is 0 Å². The molecule has 0 aliphatic carbocycles. The maximum absolute atomic E-state index is 11.7. The molecule has 0 amide bonds. The van der Waals surface area contributed by atoms with Gasteiger partial charge in [0.2, 0.25) is 5.95 Å². The van der Waals surface area contributed by atoms with E-state index in [2.05, 4.69) is 15.0 Å². The van der Waals surface area contributed by atoms with Gasteiger partial charge < -0.3 is 20.1 Å². The highest BCUT2D eigenvalue weighted by Crippen LogP contribution is 2.32. The molecule has 2 aromatic rings. The molecule has 0 radical (unpaired) electrons. The number of aromatic nitrogens is 4. The quantitative estimate of drug-likeness (QED) is 0.693. The minimum absolute atomic E-state index is 0.0744. The number of aliphatic hydroxyl groups excluding tert-OH is 1. The maximum Gasteiger partial charge on any atom is 0.280 e. The highest BCUT2D eigenvalue weighted by molar-refractivity contribution is 5.70. The molecule has 1 aliphatic rings. The normalized spacial score (nSPS) is 22.6. The number of fused-ring (bicyclic) bond motifs is 1. The molecule has 1 saturated heterocycles. The summed E-state index contributed by atoms with van der Waals surface area (Å²) in [5, 5.41) is 9.55. The fourth-order valence-electron chi connectivity index (χ4n) is 2.54. The molecule has 4 N–H and O–H groups in total. The Morgan fingerprint density at radius 3 is 3.15 bits per heavy atom. The van der Waals surface area contributed by atoms with Crippen LogP contribution in [0.5, 0.6) is 0 Å². The average molecular weight is 279 g/mol. The second-order valence-corrected chi connectivity index (χ2v) is 5.27. The molecule has 0 saturated carbocycles.